The Labute approximate surface area is 144 Å². The van der Waals surface area contributed by atoms with Gasteiger partial charge in [0.1, 0.15) is 11.5 Å². The van der Waals surface area contributed by atoms with Gasteiger partial charge in [-0.25, -0.2) is 4.79 Å². The number of benzene rings is 2. The van der Waals surface area contributed by atoms with E-state index in [1.165, 1.54) is 14.2 Å². The van der Waals surface area contributed by atoms with Gasteiger partial charge in [0.05, 0.1) is 42.8 Å². The maximum atomic E-state index is 12.7. The van der Waals surface area contributed by atoms with Crippen LogP contribution < -0.4 is 19.7 Å². The molecule has 2 aromatic rings. The van der Waals surface area contributed by atoms with Gasteiger partial charge in [0.25, 0.3) is 0 Å². The molecule has 0 fully saturated rings. The second-order valence-corrected chi connectivity index (χ2v) is 5.44. The molecule has 24 heavy (non-hydrogen) atoms. The molecule has 1 heterocycles. The quantitative estimate of drug-likeness (QED) is 0.910. The molecule has 0 radical (unpaired) electrons. The number of halogens is 1. The number of para-hydroxylation sites is 2. The third-order valence-corrected chi connectivity index (χ3v) is 3.92. The van der Waals surface area contributed by atoms with Gasteiger partial charge >= 0.3 is 6.03 Å². The van der Waals surface area contributed by atoms with Crippen molar-refractivity contribution in [3.05, 3.63) is 41.4 Å². The van der Waals surface area contributed by atoms with Crippen LogP contribution in [0.25, 0.3) is 0 Å². The molecule has 2 amide bonds. The van der Waals surface area contributed by atoms with Gasteiger partial charge in [0.2, 0.25) is 0 Å². The van der Waals surface area contributed by atoms with Gasteiger partial charge in [0, 0.05) is 12.3 Å². The van der Waals surface area contributed by atoms with Crippen molar-refractivity contribution in [2.24, 2.45) is 4.99 Å². The minimum Gasteiger partial charge on any atom is -0.495 e. The molecule has 0 spiro atoms. The number of ether oxygens (including phenoxy) is 2. The number of rotatable bonds is 3. The number of aliphatic imine (C=N–C) groups is 1. The highest BCUT2D eigenvalue weighted by Crippen LogP contribution is 2.37. The van der Waals surface area contributed by atoms with Crippen LogP contribution in [0.15, 0.2) is 41.4 Å². The predicted octanol–water partition coefficient (Wildman–Crippen LogP) is 4.11. The summed E-state index contributed by atoms with van der Waals surface area (Å²) in [4.78, 5) is 18.6. The zero-order valence-electron chi connectivity index (χ0n) is 13.2. The zero-order valence-corrected chi connectivity index (χ0v) is 14.0. The van der Waals surface area contributed by atoms with Crippen LogP contribution in [0.1, 0.15) is 0 Å². The Kier molecular flexibility index (Phi) is 4.57. The van der Waals surface area contributed by atoms with E-state index in [9.17, 15) is 4.79 Å². The van der Waals surface area contributed by atoms with Crippen LogP contribution in [0.2, 0.25) is 5.02 Å². The molecule has 1 N–H and O–H groups in total. The SMILES string of the molecule is COc1cc(OC)c(NC(=O)N2CC=Nc3ccccc32)cc1Cl. The van der Waals surface area contributed by atoms with Gasteiger partial charge in [-0.05, 0) is 18.2 Å². The fourth-order valence-corrected chi connectivity index (χ4v) is 2.69. The van der Waals surface area contributed by atoms with Crippen molar-refractivity contribution in [1.82, 2.24) is 0 Å². The number of amides is 2. The first-order valence-electron chi connectivity index (χ1n) is 7.25. The summed E-state index contributed by atoms with van der Waals surface area (Å²) < 4.78 is 10.5. The lowest BCUT2D eigenvalue weighted by Crippen LogP contribution is -2.37. The molecular formula is C17H16ClN3O3. The molecule has 1 aliphatic rings. The fourth-order valence-electron chi connectivity index (χ4n) is 2.45. The summed E-state index contributed by atoms with van der Waals surface area (Å²) in [6, 6.07) is 10.4. The number of methoxy groups -OCH3 is 2. The second kappa shape index (κ2) is 6.80. The number of carbonyl (C=O) groups excluding carboxylic acids is 1. The summed E-state index contributed by atoms with van der Waals surface area (Å²) in [5.41, 5.74) is 1.96. The van der Waals surface area contributed by atoms with Crippen molar-refractivity contribution in [1.29, 1.82) is 0 Å². The van der Waals surface area contributed by atoms with E-state index in [0.29, 0.717) is 28.8 Å². The highest BCUT2D eigenvalue weighted by atomic mass is 35.5. The van der Waals surface area contributed by atoms with E-state index < -0.39 is 0 Å². The molecule has 0 aliphatic carbocycles. The largest absolute Gasteiger partial charge is 0.495 e. The summed E-state index contributed by atoms with van der Waals surface area (Å²) in [5.74, 6) is 0.936. The van der Waals surface area contributed by atoms with Gasteiger partial charge < -0.3 is 14.8 Å². The average Bonchev–Trinajstić information content (AvgIpc) is 2.61. The van der Waals surface area contributed by atoms with E-state index in [4.69, 9.17) is 21.1 Å². The third kappa shape index (κ3) is 3.00. The highest BCUT2D eigenvalue weighted by molar-refractivity contribution is 6.32. The van der Waals surface area contributed by atoms with Gasteiger partial charge in [-0.15, -0.1) is 0 Å². The van der Waals surface area contributed by atoms with Gasteiger partial charge in [-0.1, -0.05) is 23.7 Å². The molecule has 6 nitrogen and oxygen atoms in total. The van der Waals surface area contributed by atoms with Crippen molar-refractivity contribution >= 4 is 40.9 Å². The maximum Gasteiger partial charge on any atom is 0.326 e. The lowest BCUT2D eigenvalue weighted by Gasteiger charge is -2.26. The Balaban J connectivity index is 1.88. The second-order valence-electron chi connectivity index (χ2n) is 5.03. The molecule has 0 bridgehead atoms. The molecule has 7 heteroatoms. The van der Waals surface area contributed by atoms with Crippen LogP contribution in [-0.2, 0) is 0 Å². The minimum absolute atomic E-state index is 0.298. The normalized spacial score (nSPS) is 12.5. The van der Waals surface area contributed by atoms with E-state index >= 15 is 0 Å². The Morgan fingerprint density at radius 2 is 1.96 bits per heavy atom. The molecule has 3 rings (SSSR count). The molecule has 2 aromatic carbocycles. The van der Waals surface area contributed by atoms with E-state index in [1.54, 1.807) is 23.2 Å². The molecule has 0 saturated carbocycles. The lowest BCUT2D eigenvalue weighted by atomic mass is 10.2. The zero-order chi connectivity index (χ0) is 17.1. The molecule has 0 saturated heterocycles. The van der Waals surface area contributed by atoms with Crippen LogP contribution in [0.4, 0.5) is 21.9 Å². The van der Waals surface area contributed by atoms with Crippen LogP contribution in [0, 0.1) is 0 Å². The molecule has 0 atom stereocenters. The van der Waals surface area contributed by atoms with Crippen molar-refractivity contribution in [3.8, 4) is 11.5 Å². The highest BCUT2D eigenvalue weighted by Gasteiger charge is 2.22. The first-order chi connectivity index (χ1) is 11.6. The minimum atomic E-state index is -0.298. The van der Waals surface area contributed by atoms with E-state index in [1.807, 2.05) is 24.3 Å². The standard InChI is InChI=1S/C17H16ClN3O3/c1-23-15-10-16(24-2)13(9-11(15)18)20-17(22)21-8-7-19-12-5-3-4-6-14(12)21/h3-7,9-10H,8H2,1-2H3,(H,20,22). The van der Waals surface area contributed by atoms with Crippen LogP contribution in [0.3, 0.4) is 0 Å². The smallest absolute Gasteiger partial charge is 0.326 e. The van der Waals surface area contributed by atoms with Crippen LogP contribution in [-0.4, -0.2) is 33.0 Å². The molecule has 0 unspecified atom stereocenters. The summed E-state index contributed by atoms with van der Waals surface area (Å²) in [5, 5.41) is 3.21. The number of anilines is 2. The maximum absolute atomic E-state index is 12.7. The fraction of sp³-hybridized carbons (Fsp3) is 0.176. The van der Waals surface area contributed by atoms with Crippen LogP contribution >= 0.6 is 11.6 Å². The molecule has 124 valence electrons. The number of urea groups is 1. The van der Waals surface area contributed by atoms with E-state index in [-0.39, 0.29) is 6.03 Å². The summed E-state index contributed by atoms with van der Waals surface area (Å²) in [7, 11) is 3.03. The number of fused-ring (bicyclic) bond motifs is 1. The monoisotopic (exact) mass is 345 g/mol. The number of hydrogen-bond donors (Lipinski definition) is 1. The summed E-state index contributed by atoms with van der Waals surface area (Å²) in [6.45, 7) is 0.384. The average molecular weight is 346 g/mol. The molecular weight excluding hydrogens is 330 g/mol. The van der Waals surface area contributed by atoms with Gasteiger partial charge in [-0.3, -0.25) is 9.89 Å². The lowest BCUT2D eigenvalue weighted by molar-refractivity contribution is 0.257. The van der Waals surface area contributed by atoms with E-state index in [2.05, 4.69) is 10.3 Å². The van der Waals surface area contributed by atoms with Crippen molar-refractivity contribution in [2.75, 3.05) is 31.0 Å². The number of carbonyl (C=O) groups is 1. The Bertz CT molecular complexity index is 808. The number of nitrogens with zero attached hydrogens (tertiary/aromatic N) is 2. The van der Waals surface area contributed by atoms with Crippen LogP contribution in [0.5, 0.6) is 11.5 Å². The first kappa shape index (κ1) is 16.1. The van der Waals surface area contributed by atoms with Crippen molar-refractivity contribution in [3.63, 3.8) is 0 Å². The summed E-state index contributed by atoms with van der Waals surface area (Å²) in [6.07, 6.45) is 1.69. The van der Waals surface area contributed by atoms with E-state index in [0.717, 1.165) is 11.4 Å². The Hall–Kier alpha value is -2.73. The Morgan fingerprint density at radius 1 is 1.21 bits per heavy atom. The topological polar surface area (TPSA) is 63.2 Å². The van der Waals surface area contributed by atoms with Crippen molar-refractivity contribution in [2.45, 2.75) is 0 Å². The Morgan fingerprint density at radius 3 is 2.71 bits per heavy atom. The van der Waals surface area contributed by atoms with Crippen molar-refractivity contribution < 1.29 is 14.3 Å². The molecule has 0 aromatic heterocycles. The molecule has 1 aliphatic heterocycles. The third-order valence-electron chi connectivity index (χ3n) is 3.63. The summed E-state index contributed by atoms with van der Waals surface area (Å²) >= 11 is 6.14. The number of hydrogen-bond acceptors (Lipinski definition) is 4. The van der Waals surface area contributed by atoms with Gasteiger partial charge in [-0.2, -0.15) is 0 Å². The number of nitrogens with one attached hydrogen (secondary N) is 1. The predicted molar refractivity (Wildman–Crippen MR) is 95.5 cm³/mol. The first-order valence-corrected chi connectivity index (χ1v) is 7.63. The van der Waals surface area contributed by atoms with Gasteiger partial charge in [0.15, 0.2) is 0 Å².